The van der Waals surface area contributed by atoms with Crippen molar-refractivity contribution < 1.29 is 4.74 Å². The first-order valence-electron chi connectivity index (χ1n) is 9.54. The lowest BCUT2D eigenvalue weighted by atomic mass is 10.00. The molecule has 0 heterocycles. The normalized spacial score (nSPS) is 15.3. The summed E-state index contributed by atoms with van der Waals surface area (Å²) in [6.45, 7) is 12.0. The molecule has 0 radical (unpaired) electrons. The molecule has 0 aliphatic rings. The van der Waals surface area contributed by atoms with Crippen molar-refractivity contribution in [3.63, 3.8) is 0 Å². The smallest absolute Gasteiger partial charge is 0.0703 e. The van der Waals surface area contributed by atoms with E-state index in [0.717, 1.165) is 13.0 Å². The fraction of sp³-hybridized carbons (Fsp3) is 0.478. The zero-order valence-electron chi connectivity index (χ0n) is 16.4. The maximum absolute atomic E-state index is 6.16. The molecule has 0 saturated heterocycles. The Morgan fingerprint density at radius 2 is 1.20 bits per heavy atom. The highest BCUT2D eigenvalue weighted by atomic mass is 16.5. The average molecular weight is 340 g/mol. The largest absolute Gasteiger partial charge is 0.374 e. The first-order valence-corrected chi connectivity index (χ1v) is 9.54. The summed E-state index contributed by atoms with van der Waals surface area (Å²) >= 11 is 0. The van der Waals surface area contributed by atoms with E-state index in [1.807, 2.05) is 0 Å². The molecule has 25 heavy (non-hydrogen) atoms. The third-order valence-electron chi connectivity index (χ3n) is 4.89. The molecule has 2 aromatic rings. The van der Waals surface area contributed by atoms with Crippen LogP contribution in [0.4, 0.5) is 0 Å². The highest BCUT2D eigenvalue weighted by Crippen LogP contribution is 2.31. The lowest BCUT2D eigenvalue weighted by molar-refractivity contribution is -0.0281. The second kappa shape index (κ2) is 9.74. The van der Waals surface area contributed by atoms with Crippen LogP contribution in [0.1, 0.15) is 64.3 Å². The minimum absolute atomic E-state index is 0.248. The number of hydrogen-bond acceptors (Lipinski definition) is 2. The molecule has 0 saturated carbocycles. The van der Waals surface area contributed by atoms with Crippen molar-refractivity contribution >= 4 is 0 Å². The molecule has 0 aromatic heterocycles. The summed E-state index contributed by atoms with van der Waals surface area (Å²) in [5.41, 5.74) is 2.70. The second-order valence-electron chi connectivity index (χ2n) is 7.09. The predicted molar refractivity (Wildman–Crippen MR) is 107 cm³/mol. The Balaban J connectivity index is 2.27. The fourth-order valence-corrected chi connectivity index (χ4v) is 3.39. The minimum Gasteiger partial charge on any atom is -0.374 e. The van der Waals surface area contributed by atoms with Crippen LogP contribution < -0.4 is 0 Å². The van der Waals surface area contributed by atoms with Gasteiger partial charge in [0.15, 0.2) is 0 Å². The van der Waals surface area contributed by atoms with E-state index in [4.69, 9.17) is 4.74 Å². The van der Waals surface area contributed by atoms with Crippen LogP contribution in [0.5, 0.6) is 0 Å². The molecule has 2 rings (SSSR count). The van der Waals surface area contributed by atoms with E-state index in [-0.39, 0.29) is 12.2 Å². The van der Waals surface area contributed by atoms with Crippen molar-refractivity contribution in [1.82, 2.24) is 4.90 Å². The molecule has 2 nitrogen and oxygen atoms in total. The number of benzene rings is 2. The summed E-state index contributed by atoms with van der Waals surface area (Å²) in [4.78, 5) is 2.57. The molecule has 0 fully saturated rings. The van der Waals surface area contributed by atoms with E-state index in [1.165, 1.54) is 11.1 Å². The van der Waals surface area contributed by atoms with Crippen molar-refractivity contribution in [1.29, 1.82) is 0 Å². The van der Waals surface area contributed by atoms with E-state index in [9.17, 15) is 0 Å². The molecular formula is C23H33NO. The average Bonchev–Trinajstić information content (AvgIpc) is 2.65. The Labute approximate surface area is 153 Å². The minimum atomic E-state index is 0.248. The van der Waals surface area contributed by atoms with Gasteiger partial charge in [-0.1, -0.05) is 67.6 Å². The molecule has 1 unspecified atom stereocenters. The summed E-state index contributed by atoms with van der Waals surface area (Å²) < 4.78 is 6.16. The Morgan fingerprint density at radius 3 is 1.56 bits per heavy atom. The standard InChI is InChI=1S/C23H33NO/c1-6-23(25-18(2)3)17-24(19(4)21-13-9-7-10-14-21)20(5)22-15-11-8-12-16-22/h7-16,18-20,23H,6,17H2,1-5H3/t19-,20-,23?/m1/s1. The number of rotatable bonds is 9. The molecule has 3 atom stereocenters. The molecule has 0 aliphatic heterocycles. The van der Waals surface area contributed by atoms with Gasteiger partial charge in [0.2, 0.25) is 0 Å². The van der Waals surface area contributed by atoms with Gasteiger partial charge in [0.05, 0.1) is 12.2 Å². The van der Waals surface area contributed by atoms with Crippen LogP contribution in [-0.4, -0.2) is 23.7 Å². The summed E-state index contributed by atoms with van der Waals surface area (Å²) in [7, 11) is 0. The van der Waals surface area contributed by atoms with E-state index in [0.29, 0.717) is 12.1 Å². The summed E-state index contributed by atoms with van der Waals surface area (Å²) in [6, 6.07) is 22.2. The Kier molecular flexibility index (Phi) is 7.67. The molecule has 2 heteroatoms. The summed E-state index contributed by atoms with van der Waals surface area (Å²) in [6.07, 6.45) is 1.53. The van der Waals surface area contributed by atoms with Crippen LogP contribution in [0.15, 0.2) is 60.7 Å². The molecule has 136 valence electrons. The first kappa shape index (κ1) is 19.7. The molecule has 0 bridgehead atoms. The van der Waals surface area contributed by atoms with Gasteiger partial charge in [-0.05, 0) is 45.2 Å². The van der Waals surface area contributed by atoms with Crippen molar-refractivity contribution in [2.24, 2.45) is 0 Å². The van der Waals surface area contributed by atoms with Crippen LogP contribution in [0.2, 0.25) is 0 Å². The van der Waals surface area contributed by atoms with Crippen LogP contribution in [-0.2, 0) is 4.74 Å². The number of ether oxygens (including phenoxy) is 1. The Bertz CT molecular complexity index is 551. The molecule has 0 aliphatic carbocycles. The van der Waals surface area contributed by atoms with Crippen LogP contribution in [0.25, 0.3) is 0 Å². The van der Waals surface area contributed by atoms with Gasteiger partial charge in [-0.25, -0.2) is 0 Å². The number of hydrogen-bond donors (Lipinski definition) is 0. The van der Waals surface area contributed by atoms with Crippen LogP contribution >= 0.6 is 0 Å². The molecule has 0 N–H and O–H groups in total. The number of nitrogens with zero attached hydrogens (tertiary/aromatic N) is 1. The van der Waals surface area contributed by atoms with E-state index in [2.05, 4.69) is 100 Å². The van der Waals surface area contributed by atoms with Gasteiger partial charge < -0.3 is 4.74 Å². The van der Waals surface area contributed by atoms with Gasteiger partial charge in [-0.3, -0.25) is 4.90 Å². The third-order valence-corrected chi connectivity index (χ3v) is 4.89. The van der Waals surface area contributed by atoms with E-state index >= 15 is 0 Å². The zero-order valence-corrected chi connectivity index (χ0v) is 16.4. The maximum Gasteiger partial charge on any atom is 0.0703 e. The monoisotopic (exact) mass is 339 g/mol. The fourth-order valence-electron chi connectivity index (χ4n) is 3.39. The van der Waals surface area contributed by atoms with Crippen LogP contribution in [0, 0.1) is 0 Å². The van der Waals surface area contributed by atoms with Crippen LogP contribution in [0.3, 0.4) is 0 Å². The highest BCUT2D eigenvalue weighted by Gasteiger charge is 2.25. The topological polar surface area (TPSA) is 12.5 Å². The van der Waals surface area contributed by atoms with Gasteiger partial charge >= 0.3 is 0 Å². The summed E-state index contributed by atoms with van der Waals surface area (Å²) in [5, 5.41) is 0. The van der Waals surface area contributed by atoms with Gasteiger partial charge in [0.1, 0.15) is 0 Å². The van der Waals surface area contributed by atoms with Gasteiger partial charge in [0.25, 0.3) is 0 Å². The maximum atomic E-state index is 6.16. The van der Waals surface area contributed by atoms with Crippen molar-refractivity contribution in [2.75, 3.05) is 6.54 Å². The van der Waals surface area contributed by atoms with Gasteiger partial charge in [-0.2, -0.15) is 0 Å². The van der Waals surface area contributed by atoms with E-state index < -0.39 is 0 Å². The predicted octanol–water partition coefficient (Wildman–Crippen LogP) is 6.01. The lowest BCUT2D eigenvalue weighted by Gasteiger charge is -2.38. The third kappa shape index (κ3) is 5.69. The van der Waals surface area contributed by atoms with Crippen molar-refractivity contribution in [3.8, 4) is 0 Å². The van der Waals surface area contributed by atoms with Gasteiger partial charge in [-0.15, -0.1) is 0 Å². The summed E-state index contributed by atoms with van der Waals surface area (Å²) in [5.74, 6) is 0. The quantitative estimate of drug-likeness (QED) is 0.554. The molecule has 0 amide bonds. The molecular weight excluding hydrogens is 306 g/mol. The second-order valence-corrected chi connectivity index (χ2v) is 7.09. The first-order chi connectivity index (χ1) is 12.0. The molecule has 2 aromatic carbocycles. The molecule has 0 spiro atoms. The van der Waals surface area contributed by atoms with E-state index in [1.54, 1.807) is 0 Å². The SMILES string of the molecule is CCC(CN([C@H](C)c1ccccc1)[C@H](C)c1ccccc1)OC(C)C. The Morgan fingerprint density at radius 1 is 0.760 bits per heavy atom. The van der Waals surface area contributed by atoms with Crippen molar-refractivity contribution in [2.45, 2.75) is 65.3 Å². The Hall–Kier alpha value is -1.64. The van der Waals surface area contributed by atoms with Gasteiger partial charge in [0, 0.05) is 18.6 Å². The highest BCUT2D eigenvalue weighted by molar-refractivity contribution is 5.22. The lowest BCUT2D eigenvalue weighted by Crippen LogP contribution is -2.38. The zero-order chi connectivity index (χ0) is 18.2. The van der Waals surface area contributed by atoms with Crippen molar-refractivity contribution in [3.05, 3.63) is 71.8 Å².